The van der Waals surface area contributed by atoms with Crippen LogP contribution in [0.25, 0.3) is 11.0 Å². The van der Waals surface area contributed by atoms with Gasteiger partial charge >= 0.3 is 0 Å². The summed E-state index contributed by atoms with van der Waals surface area (Å²) in [4.78, 5) is 17.0. The van der Waals surface area contributed by atoms with E-state index in [4.69, 9.17) is 9.47 Å². The molecule has 0 unspecified atom stereocenters. The first-order valence-corrected chi connectivity index (χ1v) is 8.44. The summed E-state index contributed by atoms with van der Waals surface area (Å²) in [6.45, 7) is 6.08. The molecule has 0 saturated heterocycles. The summed E-state index contributed by atoms with van der Waals surface area (Å²) >= 11 is 0. The predicted octanol–water partition coefficient (Wildman–Crippen LogP) is 3.82. The van der Waals surface area contributed by atoms with Gasteiger partial charge in [-0.25, -0.2) is 4.98 Å². The smallest absolute Gasteiger partial charge is 0.264 e. The molecule has 0 spiro atoms. The molecule has 0 bridgehead atoms. The summed E-state index contributed by atoms with van der Waals surface area (Å²) < 4.78 is 12.8. The molecule has 6 nitrogen and oxygen atoms in total. The average Bonchev–Trinajstić information content (AvgIpc) is 2.98. The van der Waals surface area contributed by atoms with Crippen LogP contribution in [-0.2, 0) is 10.3 Å². The number of carbonyl (C=O) groups excluding carboxylic acids is 1. The summed E-state index contributed by atoms with van der Waals surface area (Å²) in [7, 11) is 1.56. The van der Waals surface area contributed by atoms with Gasteiger partial charge in [0, 0.05) is 5.54 Å². The first-order chi connectivity index (χ1) is 12.4. The van der Waals surface area contributed by atoms with Gasteiger partial charge in [-0.3, -0.25) is 10.1 Å². The van der Waals surface area contributed by atoms with E-state index in [1.165, 1.54) is 0 Å². The van der Waals surface area contributed by atoms with Gasteiger partial charge in [-0.2, -0.15) is 0 Å². The first-order valence-electron chi connectivity index (χ1n) is 8.44. The molecule has 0 radical (unpaired) electrons. The maximum atomic E-state index is 12.4. The molecule has 6 heteroatoms. The van der Waals surface area contributed by atoms with Crippen molar-refractivity contribution in [2.24, 2.45) is 0 Å². The van der Waals surface area contributed by atoms with Crippen LogP contribution in [0.3, 0.4) is 0 Å². The number of nitrogens with one attached hydrogen (secondary N) is 1. The van der Waals surface area contributed by atoms with Gasteiger partial charge in [0.15, 0.2) is 18.1 Å². The number of rotatable bonds is 5. The highest BCUT2D eigenvalue weighted by atomic mass is 16.5. The van der Waals surface area contributed by atoms with Crippen LogP contribution >= 0.6 is 0 Å². The molecule has 1 heterocycles. The fourth-order valence-electron chi connectivity index (χ4n) is 2.83. The fourth-order valence-corrected chi connectivity index (χ4v) is 2.83. The van der Waals surface area contributed by atoms with E-state index >= 15 is 0 Å². The monoisotopic (exact) mass is 353 g/mol. The van der Waals surface area contributed by atoms with Crippen molar-refractivity contribution in [1.82, 2.24) is 9.55 Å². The molecule has 0 atom stereocenters. The van der Waals surface area contributed by atoms with E-state index in [0.717, 1.165) is 11.0 Å². The third-order valence-electron chi connectivity index (χ3n) is 3.91. The van der Waals surface area contributed by atoms with Crippen molar-refractivity contribution in [3.05, 3.63) is 48.5 Å². The van der Waals surface area contributed by atoms with Crippen molar-refractivity contribution in [2.45, 2.75) is 26.3 Å². The molecule has 3 aromatic rings. The number of hydrogen-bond donors (Lipinski definition) is 1. The number of para-hydroxylation sites is 4. The Hall–Kier alpha value is -3.02. The number of anilines is 1. The maximum absolute atomic E-state index is 12.4. The number of aromatic nitrogens is 2. The van der Waals surface area contributed by atoms with Crippen molar-refractivity contribution >= 4 is 22.9 Å². The third kappa shape index (κ3) is 3.64. The second kappa shape index (κ2) is 7.07. The lowest BCUT2D eigenvalue weighted by Gasteiger charge is -2.24. The molecule has 0 fully saturated rings. The van der Waals surface area contributed by atoms with Crippen LogP contribution in [0.5, 0.6) is 11.5 Å². The lowest BCUT2D eigenvalue weighted by atomic mass is 10.1. The van der Waals surface area contributed by atoms with E-state index in [1.54, 1.807) is 19.2 Å². The highest BCUT2D eigenvalue weighted by Gasteiger charge is 2.22. The molecule has 0 aliphatic heterocycles. The van der Waals surface area contributed by atoms with E-state index in [0.29, 0.717) is 17.4 Å². The Balaban J connectivity index is 1.79. The zero-order chi connectivity index (χ0) is 18.7. The topological polar surface area (TPSA) is 65.4 Å². The number of carbonyl (C=O) groups is 1. The quantitative estimate of drug-likeness (QED) is 0.757. The van der Waals surface area contributed by atoms with Crippen LogP contribution in [0.1, 0.15) is 20.8 Å². The second-order valence-electron chi connectivity index (χ2n) is 6.92. The molecule has 1 aromatic heterocycles. The van der Waals surface area contributed by atoms with Crippen LogP contribution in [-0.4, -0.2) is 29.2 Å². The minimum Gasteiger partial charge on any atom is -0.493 e. The zero-order valence-electron chi connectivity index (χ0n) is 15.4. The molecule has 1 N–H and O–H groups in total. The summed E-state index contributed by atoms with van der Waals surface area (Å²) in [6.07, 6.45) is 0. The second-order valence-corrected chi connectivity index (χ2v) is 6.92. The van der Waals surface area contributed by atoms with Gasteiger partial charge in [0.2, 0.25) is 5.95 Å². The van der Waals surface area contributed by atoms with Gasteiger partial charge in [-0.1, -0.05) is 24.3 Å². The van der Waals surface area contributed by atoms with Crippen molar-refractivity contribution in [2.75, 3.05) is 19.0 Å². The number of ether oxygens (including phenoxy) is 2. The summed E-state index contributed by atoms with van der Waals surface area (Å²) in [6, 6.07) is 15.0. The molecule has 0 aliphatic carbocycles. The fraction of sp³-hybridized carbons (Fsp3) is 0.300. The summed E-state index contributed by atoms with van der Waals surface area (Å²) in [5.41, 5.74) is 1.58. The van der Waals surface area contributed by atoms with Crippen molar-refractivity contribution in [3.63, 3.8) is 0 Å². The van der Waals surface area contributed by atoms with E-state index in [-0.39, 0.29) is 18.1 Å². The highest BCUT2D eigenvalue weighted by molar-refractivity contribution is 5.92. The molecule has 3 rings (SSSR count). The number of nitrogens with zero attached hydrogens (tertiary/aromatic N) is 2. The van der Waals surface area contributed by atoms with E-state index in [9.17, 15) is 4.79 Å². The van der Waals surface area contributed by atoms with Crippen molar-refractivity contribution in [1.29, 1.82) is 0 Å². The Morgan fingerprint density at radius 1 is 1.08 bits per heavy atom. The predicted molar refractivity (Wildman–Crippen MR) is 102 cm³/mol. The van der Waals surface area contributed by atoms with Gasteiger partial charge in [-0.15, -0.1) is 0 Å². The van der Waals surface area contributed by atoms with Crippen LogP contribution in [0, 0.1) is 0 Å². The zero-order valence-corrected chi connectivity index (χ0v) is 15.4. The van der Waals surface area contributed by atoms with Gasteiger partial charge in [0.1, 0.15) is 0 Å². The molecule has 136 valence electrons. The maximum Gasteiger partial charge on any atom is 0.264 e. The normalized spacial score (nSPS) is 11.4. The van der Waals surface area contributed by atoms with E-state index in [2.05, 4.69) is 31.1 Å². The summed E-state index contributed by atoms with van der Waals surface area (Å²) in [5.74, 6) is 1.33. The standard InChI is InChI=1S/C20H23N3O3/c1-20(2,3)23-15-10-6-5-9-14(15)21-19(23)22-18(24)13-26-17-12-8-7-11-16(17)25-4/h5-12H,13H2,1-4H3,(H,21,22,24). The number of imidazole rings is 1. The molecular formula is C20H23N3O3. The van der Waals surface area contributed by atoms with Crippen LogP contribution in [0.4, 0.5) is 5.95 Å². The number of amides is 1. The number of benzene rings is 2. The Labute approximate surface area is 152 Å². The molecular weight excluding hydrogens is 330 g/mol. The SMILES string of the molecule is COc1ccccc1OCC(=O)Nc1nc2ccccc2n1C(C)(C)C. The van der Waals surface area contributed by atoms with Gasteiger partial charge < -0.3 is 14.0 Å². The largest absolute Gasteiger partial charge is 0.493 e. The average molecular weight is 353 g/mol. The Morgan fingerprint density at radius 2 is 1.73 bits per heavy atom. The Morgan fingerprint density at radius 3 is 2.42 bits per heavy atom. The van der Waals surface area contributed by atoms with Crippen LogP contribution < -0.4 is 14.8 Å². The lowest BCUT2D eigenvalue weighted by Crippen LogP contribution is -2.28. The van der Waals surface area contributed by atoms with Crippen molar-refractivity contribution < 1.29 is 14.3 Å². The van der Waals surface area contributed by atoms with Gasteiger partial charge in [0.05, 0.1) is 18.1 Å². The minimum absolute atomic E-state index is 0.131. The molecule has 0 aliphatic rings. The van der Waals surface area contributed by atoms with Gasteiger partial charge in [-0.05, 0) is 45.0 Å². The van der Waals surface area contributed by atoms with E-state index in [1.807, 2.05) is 41.0 Å². The van der Waals surface area contributed by atoms with Crippen molar-refractivity contribution in [3.8, 4) is 11.5 Å². The van der Waals surface area contributed by atoms with Crippen LogP contribution in [0.15, 0.2) is 48.5 Å². The molecule has 2 aromatic carbocycles. The molecule has 0 saturated carbocycles. The Kier molecular flexibility index (Phi) is 4.84. The minimum atomic E-state index is -0.281. The van der Waals surface area contributed by atoms with E-state index < -0.39 is 0 Å². The number of fused-ring (bicyclic) bond motifs is 1. The highest BCUT2D eigenvalue weighted by Crippen LogP contribution is 2.28. The lowest BCUT2D eigenvalue weighted by molar-refractivity contribution is -0.118. The molecule has 26 heavy (non-hydrogen) atoms. The van der Waals surface area contributed by atoms with Gasteiger partial charge in [0.25, 0.3) is 5.91 Å². The Bertz CT molecular complexity index is 925. The molecule has 1 amide bonds. The number of hydrogen-bond acceptors (Lipinski definition) is 4. The summed E-state index contributed by atoms with van der Waals surface area (Å²) in [5, 5.41) is 2.86. The number of methoxy groups -OCH3 is 1. The van der Waals surface area contributed by atoms with Crippen LogP contribution in [0.2, 0.25) is 0 Å². The third-order valence-corrected chi connectivity index (χ3v) is 3.91. The first kappa shape index (κ1) is 17.8.